The number of fused-ring (bicyclic) bond motifs is 1. The highest BCUT2D eigenvalue weighted by molar-refractivity contribution is 5.86. The predicted molar refractivity (Wildman–Crippen MR) is 82.9 cm³/mol. The zero-order valence-electron chi connectivity index (χ0n) is 12.3. The maximum Gasteiger partial charge on any atom is 0.160 e. The molecule has 0 aromatic carbocycles. The minimum absolute atomic E-state index is 0.777. The third-order valence-electron chi connectivity index (χ3n) is 3.89. The SMILES string of the molecule is Cc1nccc(N2CCN(c3ncnc4[nH]ncc34)CC2)n1. The van der Waals surface area contributed by atoms with Crippen LogP contribution in [0.3, 0.4) is 0 Å². The Hall–Kier alpha value is -2.77. The summed E-state index contributed by atoms with van der Waals surface area (Å²) in [6, 6.07) is 1.96. The van der Waals surface area contributed by atoms with Gasteiger partial charge in [-0.1, -0.05) is 0 Å². The summed E-state index contributed by atoms with van der Waals surface area (Å²) in [5.41, 5.74) is 0.777. The molecule has 0 aliphatic carbocycles. The number of aromatic nitrogens is 6. The second-order valence-corrected chi connectivity index (χ2v) is 5.27. The average molecular weight is 296 g/mol. The van der Waals surface area contributed by atoms with Crippen LogP contribution in [0.5, 0.6) is 0 Å². The molecule has 1 aliphatic heterocycles. The molecule has 0 radical (unpaired) electrons. The van der Waals surface area contributed by atoms with E-state index in [2.05, 4.69) is 39.9 Å². The highest BCUT2D eigenvalue weighted by Crippen LogP contribution is 2.23. The van der Waals surface area contributed by atoms with Crippen LogP contribution in [-0.2, 0) is 0 Å². The van der Waals surface area contributed by atoms with Crippen LogP contribution in [0.25, 0.3) is 11.0 Å². The lowest BCUT2D eigenvalue weighted by molar-refractivity contribution is 0.641. The van der Waals surface area contributed by atoms with Crippen molar-refractivity contribution in [2.75, 3.05) is 36.0 Å². The van der Waals surface area contributed by atoms with E-state index in [1.165, 1.54) is 0 Å². The van der Waals surface area contributed by atoms with Crippen molar-refractivity contribution in [2.45, 2.75) is 6.92 Å². The van der Waals surface area contributed by atoms with Crippen LogP contribution in [0, 0.1) is 6.92 Å². The number of rotatable bonds is 2. The minimum Gasteiger partial charge on any atom is -0.353 e. The molecule has 0 saturated carbocycles. The minimum atomic E-state index is 0.777. The fourth-order valence-corrected chi connectivity index (χ4v) is 2.77. The van der Waals surface area contributed by atoms with E-state index >= 15 is 0 Å². The van der Waals surface area contributed by atoms with E-state index in [0.29, 0.717) is 0 Å². The number of hydrogen-bond donors (Lipinski definition) is 1. The van der Waals surface area contributed by atoms with Gasteiger partial charge in [0.15, 0.2) is 5.65 Å². The van der Waals surface area contributed by atoms with Crippen molar-refractivity contribution >= 4 is 22.7 Å². The van der Waals surface area contributed by atoms with E-state index in [9.17, 15) is 0 Å². The topological polar surface area (TPSA) is 86.7 Å². The van der Waals surface area contributed by atoms with Crippen molar-refractivity contribution < 1.29 is 0 Å². The predicted octanol–water partition coefficient (Wildman–Crippen LogP) is 0.778. The number of aryl methyl sites for hydroxylation is 1. The molecule has 8 heteroatoms. The number of H-pyrrole nitrogens is 1. The molecule has 4 heterocycles. The first-order valence-electron chi connectivity index (χ1n) is 7.25. The van der Waals surface area contributed by atoms with Gasteiger partial charge in [0, 0.05) is 32.4 Å². The molecular weight excluding hydrogens is 280 g/mol. The first-order valence-corrected chi connectivity index (χ1v) is 7.25. The summed E-state index contributed by atoms with van der Waals surface area (Å²) < 4.78 is 0. The lowest BCUT2D eigenvalue weighted by Gasteiger charge is -2.36. The molecule has 0 atom stereocenters. The molecule has 8 nitrogen and oxygen atoms in total. The zero-order valence-corrected chi connectivity index (χ0v) is 12.3. The molecule has 0 unspecified atom stereocenters. The van der Waals surface area contributed by atoms with Gasteiger partial charge < -0.3 is 9.80 Å². The first-order chi connectivity index (χ1) is 10.8. The Morgan fingerprint density at radius 2 is 1.86 bits per heavy atom. The van der Waals surface area contributed by atoms with E-state index in [1.807, 2.05) is 19.2 Å². The molecule has 1 N–H and O–H groups in total. The Kier molecular flexibility index (Phi) is 3.06. The summed E-state index contributed by atoms with van der Waals surface area (Å²) in [6.45, 7) is 5.50. The molecular formula is C14H16N8. The molecule has 0 bridgehead atoms. The van der Waals surface area contributed by atoms with Crippen molar-refractivity contribution in [3.8, 4) is 0 Å². The first kappa shape index (κ1) is 12.9. The van der Waals surface area contributed by atoms with Crippen LogP contribution >= 0.6 is 0 Å². The average Bonchev–Trinajstić information content (AvgIpc) is 3.04. The Morgan fingerprint density at radius 3 is 2.68 bits per heavy atom. The standard InChI is InChI=1S/C14H16N8/c1-10-15-3-2-12(19-10)21-4-6-22(7-5-21)14-11-8-18-20-13(11)16-9-17-14/h2-3,8-9H,4-7H2,1H3,(H,16,17,18,20). The van der Waals surface area contributed by atoms with Crippen LogP contribution in [-0.4, -0.2) is 56.3 Å². The molecule has 1 fully saturated rings. The van der Waals surface area contributed by atoms with Crippen LogP contribution in [0.1, 0.15) is 5.82 Å². The van der Waals surface area contributed by atoms with Crippen molar-refractivity contribution in [1.82, 2.24) is 30.1 Å². The van der Waals surface area contributed by atoms with Crippen molar-refractivity contribution in [1.29, 1.82) is 0 Å². The molecule has 112 valence electrons. The van der Waals surface area contributed by atoms with Crippen LogP contribution in [0.4, 0.5) is 11.6 Å². The third kappa shape index (κ3) is 2.22. The Labute approximate surface area is 127 Å². The highest BCUT2D eigenvalue weighted by Gasteiger charge is 2.21. The number of aromatic amines is 1. The fourth-order valence-electron chi connectivity index (χ4n) is 2.77. The molecule has 4 rings (SSSR count). The Bertz CT molecular complexity index is 790. The monoisotopic (exact) mass is 296 g/mol. The van der Waals surface area contributed by atoms with Gasteiger partial charge in [-0.2, -0.15) is 5.10 Å². The van der Waals surface area contributed by atoms with E-state index in [4.69, 9.17) is 0 Å². The van der Waals surface area contributed by atoms with Crippen molar-refractivity contribution in [2.24, 2.45) is 0 Å². The van der Waals surface area contributed by atoms with E-state index in [1.54, 1.807) is 12.5 Å². The molecule has 0 spiro atoms. The summed E-state index contributed by atoms with van der Waals surface area (Å²) in [4.78, 5) is 21.8. The van der Waals surface area contributed by atoms with Gasteiger partial charge in [-0.15, -0.1) is 0 Å². The second-order valence-electron chi connectivity index (χ2n) is 5.27. The van der Waals surface area contributed by atoms with Crippen LogP contribution in [0.2, 0.25) is 0 Å². The van der Waals surface area contributed by atoms with Crippen molar-refractivity contribution in [3.63, 3.8) is 0 Å². The van der Waals surface area contributed by atoms with Gasteiger partial charge in [0.1, 0.15) is 23.8 Å². The maximum atomic E-state index is 4.49. The summed E-state index contributed by atoms with van der Waals surface area (Å²) in [5.74, 6) is 2.73. The quantitative estimate of drug-likeness (QED) is 0.747. The molecule has 3 aromatic rings. The Balaban J connectivity index is 1.53. The van der Waals surface area contributed by atoms with Gasteiger partial charge in [-0.05, 0) is 13.0 Å². The summed E-state index contributed by atoms with van der Waals surface area (Å²) in [6.07, 6.45) is 5.17. The number of anilines is 2. The molecule has 3 aromatic heterocycles. The van der Waals surface area contributed by atoms with Gasteiger partial charge in [-0.3, -0.25) is 5.10 Å². The largest absolute Gasteiger partial charge is 0.353 e. The number of hydrogen-bond acceptors (Lipinski definition) is 7. The van der Waals surface area contributed by atoms with Gasteiger partial charge in [0.05, 0.1) is 11.6 Å². The van der Waals surface area contributed by atoms with E-state index in [0.717, 1.165) is 54.7 Å². The van der Waals surface area contributed by atoms with Gasteiger partial charge in [0.25, 0.3) is 0 Å². The molecule has 0 amide bonds. The summed E-state index contributed by atoms with van der Waals surface area (Å²) in [5, 5.41) is 7.90. The summed E-state index contributed by atoms with van der Waals surface area (Å²) in [7, 11) is 0. The van der Waals surface area contributed by atoms with Gasteiger partial charge in [-0.25, -0.2) is 19.9 Å². The van der Waals surface area contributed by atoms with E-state index in [-0.39, 0.29) is 0 Å². The maximum absolute atomic E-state index is 4.49. The lowest BCUT2D eigenvalue weighted by Crippen LogP contribution is -2.47. The Morgan fingerprint density at radius 1 is 1.05 bits per heavy atom. The normalized spacial score (nSPS) is 15.5. The second kappa shape index (κ2) is 5.21. The molecule has 22 heavy (non-hydrogen) atoms. The smallest absolute Gasteiger partial charge is 0.160 e. The zero-order chi connectivity index (χ0) is 14.9. The highest BCUT2D eigenvalue weighted by atomic mass is 15.3. The fraction of sp³-hybridized carbons (Fsp3) is 0.357. The van der Waals surface area contributed by atoms with Crippen molar-refractivity contribution in [3.05, 3.63) is 30.6 Å². The lowest BCUT2D eigenvalue weighted by atomic mass is 10.2. The molecule has 1 saturated heterocycles. The van der Waals surface area contributed by atoms with Crippen LogP contribution in [0.15, 0.2) is 24.8 Å². The number of nitrogens with zero attached hydrogens (tertiary/aromatic N) is 7. The third-order valence-corrected chi connectivity index (χ3v) is 3.89. The van der Waals surface area contributed by atoms with Gasteiger partial charge >= 0.3 is 0 Å². The number of nitrogens with one attached hydrogen (secondary N) is 1. The number of piperazine rings is 1. The van der Waals surface area contributed by atoms with E-state index < -0.39 is 0 Å². The van der Waals surface area contributed by atoms with Crippen LogP contribution < -0.4 is 9.80 Å². The van der Waals surface area contributed by atoms with Gasteiger partial charge in [0.2, 0.25) is 0 Å². The molecule has 1 aliphatic rings. The summed E-state index contributed by atoms with van der Waals surface area (Å²) >= 11 is 0.